The molecule has 20 heavy (non-hydrogen) atoms. The molecule has 0 spiro atoms. The summed E-state index contributed by atoms with van der Waals surface area (Å²) in [5.74, 6) is 0.945. The third kappa shape index (κ3) is 4.80. The van der Waals surface area contributed by atoms with Crippen LogP contribution in [0.2, 0.25) is 0 Å². The summed E-state index contributed by atoms with van der Waals surface area (Å²) in [6.07, 6.45) is 2.54. The molecule has 1 aromatic rings. The van der Waals surface area contributed by atoms with Gasteiger partial charge in [-0.1, -0.05) is 19.1 Å². The molecule has 112 valence electrons. The van der Waals surface area contributed by atoms with Crippen LogP contribution in [0.25, 0.3) is 0 Å². The minimum absolute atomic E-state index is 0.229. The van der Waals surface area contributed by atoms with Crippen LogP contribution in [0.15, 0.2) is 24.3 Å². The minimum atomic E-state index is 0.229. The van der Waals surface area contributed by atoms with E-state index in [1.54, 1.807) is 0 Å². The molecule has 3 heteroatoms. The van der Waals surface area contributed by atoms with E-state index in [9.17, 15) is 0 Å². The van der Waals surface area contributed by atoms with E-state index in [2.05, 4.69) is 24.4 Å². The van der Waals surface area contributed by atoms with E-state index in [-0.39, 0.29) is 6.10 Å². The predicted octanol–water partition coefficient (Wildman–Crippen LogP) is 3.38. The van der Waals surface area contributed by atoms with E-state index in [4.69, 9.17) is 9.47 Å². The Hall–Kier alpha value is -1.06. The molecule has 0 aliphatic carbocycles. The number of hydrogen-bond acceptors (Lipinski definition) is 3. The summed E-state index contributed by atoms with van der Waals surface area (Å²) >= 11 is 0. The van der Waals surface area contributed by atoms with Gasteiger partial charge < -0.3 is 14.8 Å². The summed E-state index contributed by atoms with van der Waals surface area (Å²) < 4.78 is 11.1. The first-order valence-electron chi connectivity index (χ1n) is 7.61. The Bertz CT molecular complexity index is 394. The highest BCUT2D eigenvalue weighted by Gasteiger charge is 2.26. The fraction of sp³-hybridized carbons (Fsp3) is 0.647. The van der Waals surface area contributed by atoms with E-state index in [0.717, 1.165) is 44.9 Å². The van der Waals surface area contributed by atoms with Crippen LogP contribution in [0.1, 0.15) is 39.2 Å². The zero-order valence-electron chi connectivity index (χ0n) is 12.9. The van der Waals surface area contributed by atoms with Crippen molar-refractivity contribution in [3.63, 3.8) is 0 Å². The number of benzene rings is 1. The van der Waals surface area contributed by atoms with Crippen LogP contribution in [0.3, 0.4) is 0 Å². The van der Waals surface area contributed by atoms with Crippen LogP contribution in [-0.4, -0.2) is 25.9 Å². The van der Waals surface area contributed by atoms with Gasteiger partial charge in [0.15, 0.2) is 0 Å². The lowest BCUT2D eigenvalue weighted by molar-refractivity contribution is 0.0240. The molecule has 1 aliphatic rings. The molecule has 0 saturated carbocycles. The average Bonchev–Trinajstić information content (AvgIpc) is 2.41. The molecule has 1 aromatic carbocycles. The van der Waals surface area contributed by atoms with Gasteiger partial charge in [0.25, 0.3) is 0 Å². The molecule has 0 bridgehead atoms. The van der Waals surface area contributed by atoms with Crippen molar-refractivity contribution in [2.24, 2.45) is 5.41 Å². The second kappa shape index (κ2) is 7.09. The summed E-state index contributed by atoms with van der Waals surface area (Å²) in [5, 5.41) is 3.58. The average molecular weight is 277 g/mol. The Labute approximate surface area is 122 Å². The second-order valence-electron chi connectivity index (χ2n) is 6.34. The van der Waals surface area contributed by atoms with E-state index < -0.39 is 0 Å². The second-order valence-corrected chi connectivity index (χ2v) is 6.34. The van der Waals surface area contributed by atoms with Crippen molar-refractivity contribution in [2.75, 3.05) is 19.8 Å². The van der Waals surface area contributed by atoms with Crippen molar-refractivity contribution >= 4 is 0 Å². The van der Waals surface area contributed by atoms with Gasteiger partial charge in [0.2, 0.25) is 0 Å². The van der Waals surface area contributed by atoms with Crippen molar-refractivity contribution < 1.29 is 9.47 Å². The highest BCUT2D eigenvalue weighted by molar-refractivity contribution is 5.27. The Morgan fingerprint density at radius 1 is 1.20 bits per heavy atom. The minimum Gasteiger partial charge on any atom is -0.491 e. The molecule has 1 fully saturated rings. The molecule has 0 unspecified atom stereocenters. The lowest BCUT2D eigenvalue weighted by atomic mass is 9.82. The van der Waals surface area contributed by atoms with E-state index >= 15 is 0 Å². The summed E-state index contributed by atoms with van der Waals surface area (Å²) in [6.45, 7) is 10.2. The SMILES string of the molecule is CC(C)Oc1ccc(CNCC2(C)CCOCC2)cc1. The summed E-state index contributed by atoms with van der Waals surface area (Å²) in [6, 6.07) is 8.37. The van der Waals surface area contributed by atoms with Gasteiger partial charge in [0.1, 0.15) is 5.75 Å². The molecule has 3 nitrogen and oxygen atoms in total. The lowest BCUT2D eigenvalue weighted by Gasteiger charge is -2.33. The third-order valence-electron chi connectivity index (χ3n) is 3.88. The van der Waals surface area contributed by atoms with E-state index in [1.807, 2.05) is 26.0 Å². The Morgan fingerprint density at radius 2 is 1.85 bits per heavy atom. The van der Waals surface area contributed by atoms with Crippen LogP contribution in [0.4, 0.5) is 0 Å². The van der Waals surface area contributed by atoms with Crippen molar-refractivity contribution in [3.05, 3.63) is 29.8 Å². The van der Waals surface area contributed by atoms with Gasteiger partial charge in [-0.3, -0.25) is 0 Å². The molecule has 0 radical (unpaired) electrons. The van der Waals surface area contributed by atoms with Crippen LogP contribution < -0.4 is 10.1 Å². The van der Waals surface area contributed by atoms with Crippen molar-refractivity contribution in [2.45, 2.75) is 46.3 Å². The van der Waals surface area contributed by atoms with Crippen molar-refractivity contribution in [1.82, 2.24) is 5.32 Å². The first-order valence-corrected chi connectivity index (χ1v) is 7.61. The smallest absolute Gasteiger partial charge is 0.119 e. The first-order chi connectivity index (χ1) is 9.57. The molecule has 1 saturated heterocycles. The quantitative estimate of drug-likeness (QED) is 0.864. The summed E-state index contributed by atoms with van der Waals surface area (Å²) in [4.78, 5) is 0. The van der Waals surface area contributed by atoms with Crippen molar-refractivity contribution in [1.29, 1.82) is 0 Å². The fourth-order valence-electron chi connectivity index (χ4n) is 2.51. The maximum Gasteiger partial charge on any atom is 0.119 e. The lowest BCUT2D eigenvalue weighted by Crippen LogP contribution is -2.36. The molecule has 0 aromatic heterocycles. The summed E-state index contributed by atoms with van der Waals surface area (Å²) in [7, 11) is 0. The van der Waals surface area contributed by atoms with Gasteiger partial charge in [0, 0.05) is 26.3 Å². The number of nitrogens with one attached hydrogen (secondary N) is 1. The summed E-state index contributed by atoms with van der Waals surface area (Å²) in [5.41, 5.74) is 1.69. The maximum absolute atomic E-state index is 5.65. The zero-order chi connectivity index (χ0) is 14.4. The Morgan fingerprint density at radius 3 is 2.45 bits per heavy atom. The first kappa shape index (κ1) is 15.3. The molecular formula is C17H27NO2. The Balaban J connectivity index is 1.76. The van der Waals surface area contributed by atoms with E-state index in [1.165, 1.54) is 5.56 Å². The van der Waals surface area contributed by atoms with Gasteiger partial charge in [-0.2, -0.15) is 0 Å². The van der Waals surface area contributed by atoms with Gasteiger partial charge in [-0.05, 0) is 49.8 Å². The van der Waals surface area contributed by atoms with Gasteiger partial charge in [0.05, 0.1) is 6.10 Å². The van der Waals surface area contributed by atoms with Crippen LogP contribution in [0.5, 0.6) is 5.75 Å². The number of ether oxygens (including phenoxy) is 2. The van der Waals surface area contributed by atoms with Gasteiger partial charge in [-0.25, -0.2) is 0 Å². The fourth-order valence-corrected chi connectivity index (χ4v) is 2.51. The topological polar surface area (TPSA) is 30.5 Å². The highest BCUT2D eigenvalue weighted by Crippen LogP contribution is 2.28. The molecule has 0 amide bonds. The number of hydrogen-bond donors (Lipinski definition) is 1. The van der Waals surface area contributed by atoms with Crippen LogP contribution in [-0.2, 0) is 11.3 Å². The molecular weight excluding hydrogens is 250 g/mol. The highest BCUT2D eigenvalue weighted by atomic mass is 16.5. The zero-order valence-corrected chi connectivity index (χ0v) is 12.9. The number of rotatable bonds is 6. The normalized spacial score (nSPS) is 18.2. The molecule has 1 aliphatic heterocycles. The third-order valence-corrected chi connectivity index (χ3v) is 3.88. The molecule has 2 rings (SSSR count). The van der Waals surface area contributed by atoms with Gasteiger partial charge >= 0.3 is 0 Å². The van der Waals surface area contributed by atoms with Crippen LogP contribution in [0, 0.1) is 5.41 Å². The van der Waals surface area contributed by atoms with Crippen molar-refractivity contribution in [3.8, 4) is 5.75 Å². The Kier molecular flexibility index (Phi) is 5.44. The van der Waals surface area contributed by atoms with Gasteiger partial charge in [-0.15, -0.1) is 0 Å². The van der Waals surface area contributed by atoms with Crippen LogP contribution >= 0.6 is 0 Å². The molecule has 1 heterocycles. The maximum atomic E-state index is 5.65. The monoisotopic (exact) mass is 277 g/mol. The molecule has 0 atom stereocenters. The van der Waals surface area contributed by atoms with E-state index in [0.29, 0.717) is 5.41 Å². The molecule has 1 N–H and O–H groups in total. The predicted molar refractivity (Wildman–Crippen MR) is 82.1 cm³/mol. The standard InChI is InChI=1S/C17H27NO2/c1-14(2)20-16-6-4-15(5-7-16)12-18-13-17(3)8-10-19-11-9-17/h4-7,14,18H,8-13H2,1-3H3. The largest absolute Gasteiger partial charge is 0.491 e.